The first-order valence-corrected chi connectivity index (χ1v) is 12.6. The average molecular weight is 511 g/mol. The first-order valence-electron chi connectivity index (χ1n) is 11.2. The van der Waals surface area contributed by atoms with Gasteiger partial charge in [0.15, 0.2) is 0 Å². The van der Waals surface area contributed by atoms with Crippen LogP contribution in [0.4, 0.5) is 16.2 Å². The van der Waals surface area contributed by atoms with E-state index in [2.05, 4.69) is 5.32 Å². The zero-order valence-electron chi connectivity index (χ0n) is 20.6. The van der Waals surface area contributed by atoms with Gasteiger partial charge in [0.25, 0.3) is 0 Å². The third-order valence-electron chi connectivity index (χ3n) is 5.62. The normalized spacial score (nSPS) is 11.8. The van der Waals surface area contributed by atoms with Gasteiger partial charge < -0.3 is 15.0 Å². The van der Waals surface area contributed by atoms with Gasteiger partial charge in [-0.15, -0.1) is 0 Å². The second kappa shape index (κ2) is 11.6. The average Bonchev–Trinajstić information content (AvgIpc) is 2.87. The molecular formula is C26H30N4O5S. The molecule has 3 amide bonds. The number of ether oxygens (including phenoxy) is 1. The Bertz CT molecular complexity index is 1300. The van der Waals surface area contributed by atoms with Gasteiger partial charge in [0.05, 0.1) is 12.8 Å². The summed E-state index contributed by atoms with van der Waals surface area (Å²) in [6.45, 7) is 1.84. The summed E-state index contributed by atoms with van der Waals surface area (Å²) in [6, 6.07) is 20.9. The maximum absolute atomic E-state index is 13.4. The van der Waals surface area contributed by atoms with Crippen molar-refractivity contribution < 1.29 is 22.7 Å². The minimum absolute atomic E-state index is 0.168. The Morgan fingerprint density at radius 3 is 2.19 bits per heavy atom. The molecule has 1 unspecified atom stereocenters. The predicted molar refractivity (Wildman–Crippen MR) is 141 cm³/mol. The van der Waals surface area contributed by atoms with Crippen LogP contribution in [-0.2, 0) is 21.4 Å². The number of benzene rings is 3. The lowest BCUT2D eigenvalue weighted by Gasteiger charge is -2.26. The second-order valence-corrected chi connectivity index (χ2v) is 9.93. The number of nitrogens with zero attached hydrogens (tertiary/aromatic N) is 2. The molecule has 9 nitrogen and oxygen atoms in total. The third kappa shape index (κ3) is 6.76. The first-order chi connectivity index (χ1) is 17.1. The molecule has 0 aliphatic rings. The number of carbonyl (C=O) groups is 2. The molecule has 0 spiro atoms. The van der Waals surface area contributed by atoms with Crippen molar-refractivity contribution in [1.29, 1.82) is 0 Å². The molecule has 0 saturated carbocycles. The molecule has 0 aliphatic heterocycles. The SMILES string of the molecule is COc1ccc(N(C)C(=O)C(Cc2ccccc2)NC(=O)NS(=O)(=O)N(C)c2cccc(C)c2)cc1. The summed E-state index contributed by atoms with van der Waals surface area (Å²) >= 11 is 0. The lowest BCUT2D eigenvalue weighted by Crippen LogP contribution is -2.54. The molecule has 0 aromatic heterocycles. The molecule has 1 atom stereocenters. The molecule has 0 aliphatic carbocycles. The van der Waals surface area contributed by atoms with Crippen molar-refractivity contribution in [1.82, 2.24) is 10.0 Å². The molecule has 190 valence electrons. The molecule has 0 heterocycles. The van der Waals surface area contributed by atoms with Gasteiger partial charge in [-0.2, -0.15) is 8.42 Å². The van der Waals surface area contributed by atoms with Gasteiger partial charge in [-0.1, -0.05) is 42.5 Å². The topological polar surface area (TPSA) is 108 Å². The number of methoxy groups -OCH3 is 1. The molecule has 0 radical (unpaired) electrons. The number of urea groups is 1. The summed E-state index contributed by atoms with van der Waals surface area (Å²) in [4.78, 5) is 27.6. The minimum Gasteiger partial charge on any atom is -0.497 e. The Kier molecular flexibility index (Phi) is 8.55. The maximum atomic E-state index is 13.4. The van der Waals surface area contributed by atoms with Crippen LogP contribution in [0.5, 0.6) is 5.75 Å². The molecule has 3 rings (SSSR count). The second-order valence-electron chi connectivity index (χ2n) is 8.22. The highest BCUT2D eigenvalue weighted by molar-refractivity contribution is 7.91. The largest absolute Gasteiger partial charge is 0.497 e. The van der Waals surface area contributed by atoms with Gasteiger partial charge in [0.1, 0.15) is 11.8 Å². The smallest absolute Gasteiger partial charge is 0.330 e. The lowest BCUT2D eigenvalue weighted by atomic mass is 10.0. The Hall–Kier alpha value is -4.05. The zero-order chi connectivity index (χ0) is 26.3. The Morgan fingerprint density at radius 2 is 1.58 bits per heavy atom. The van der Waals surface area contributed by atoms with Crippen molar-refractivity contribution >= 4 is 33.5 Å². The number of aryl methyl sites for hydroxylation is 1. The van der Waals surface area contributed by atoms with E-state index in [1.807, 2.05) is 48.0 Å². The summed E-state index contributed by atoms with van der Waals surface area (Å²) in [5.41, 5.74) is 2.66. The molecule has 3 aromatic rings. The standard InChI is InChI=1S/C26H30N4O5S/c1-19-9-8-12-22(17-19)30(3)36(33,34)28-26(32)27-24(18-20-10-6-5-7-11-20)25(31)29(2)21-13-15-23(35-4)16-14-21/h5-17,24H,18H2,1-4H3,(H2,27,28,32). The lowest BCUT2D eigenvalue weighted by molar-refractivity contribution is -0.120. The Morgan fingerprint density at radius 1 is 0.917 bits per heavy atom. The van der Waals surface area contributed by atoms with E-state index in [-0.39, 0.29) is 6.42 Å². The fraction of sp³-hybridized carbons (Fsp3) is 0.231. The number of nitrogens with one attached hydrogen (secondary N) is 2. The molecule has 10 heteroatoms. The van der Waals surface area contributed by atoms with Crippen LogP contribution in [0.3, 0.4) is 0 Å². The van der Waals surface area contributed by atoms with E-state index in [0.717, 1.165) is 15.4 Å². The monoisotopic (exact) mass is 510 g/mol. The van der Waals surface area contributed by atoms with Crippen molar-refractivity contribution in [3.8, 4) is 5.75 Å². The zero-order valence-corrected chi connectivity index (χ0v) is 21.5. The number of amides is 3. The summed E-state index contributed by atoms with van der Waals surface area (Å²) < 4.78 is 33.8. The van der Waals surface area contributed by atoms with Crippen LogP contribution in [0.15, 0.2) is 78.9 Å². The highest BCUT2D eigenvalue weighted by atomic mass is 32.2. The van der Waals surface area contributed by atoms with E-state index in [4.69, 9.17) is 4.74 Å². The highest BCUT2D eigenvalue weighted by Gasteiger charge is 2.28. The molecular weight excluding hydrogens is 480 g/mol. The number of hydrogen-bond acceptors (Lipinski definition) is 5. The van der Waals surface area contributed by atoms with E-state index < -0.39 is 28.2 Å². The maximum Gasteiger partial charge on any atom is 0.330 e. The number of hydrogen-bond donors (Lipinski definition) is 2. The quantitative estimate of drug-likeness (QED) is 0.459. The summed E-state index contributed by atoms with van der Waals surface area (Å²) in [5.74, 6) is 0.226. The molecule has 3 aromatic carbocycles. The van der Waals surface area contributed by atoms with E-state index in [9.17, 15) is 18.0 Å². The van der Waals surface area contributed by atoms with E-state index in [1.54, 1.807) is 56.6 Å². The molecule has 2 N–H and O–H groups in total. The summed E-state index contributed by atoms with van der Waals surface area (Å²) in [6.07, 6.45) is 0.168. The van der Waals surface area contributed by atoms with Crippen LogP contribution >= 0.6 is 0 Å². The number of anilines is 2. The highest BCUT2D eigenvalue weighted by Crippen LogP contribution is 2.20. The fourth-order valence-corrected chi connectivity index (χ4v) is 4.37. The van der Waals surface area contributed by atoms with Crippen molar-refractivity contribution in [3.63, 3.8) is 0 Å². The van der Waals surface area contributed by atoms with E-state index in [1.165, 1.54) is 11.9 Å². The van der Waals surface area contributed by atoms with Crippen LogP contribution in [0.1, 0.15) is 11.1 Å². The Balaban J connectivity index is 1.79. The van der Waals surface area contributed by atoms with Crippen LogP contribution in [-0.4, -0.2) is 47.6 Å². The van der Waals surface area contributed by atoms with Gasteiger partial charge >= 0.3 is 16.2 Å². The van der Waals surface area contributed by atoms with Gasteiger partial charge in [-0.05, 0) is 54.4 Å². The van der Waals surface area contributed by atoms with Crippen molar-refractivity contribution in [2.75, 3.05) is 30.4 Å². The summed E-state index contributed by atoms with van der Waals surface area (Å²) in [5, 5.41) is 2.54. The summed E-state index contributed by atoms with van der Waals surface area (Å²) in [7, 11) is 0.256. The first kappa shape index (κ1) is 26.6. The van der Waals surface area contributed by atoms with Crippen molar-refractivity contribution in [2.24, 2.45) is 0 Å². The van der Waals surface area contributed by atoms with Crippen molar-refractivity contribution in [3.05, 3.63) is 90.0 Å². The minimum atomic E-state index is -4.22. The van der Waals surface area contributed by atoms with Crippen LogP contribution in [0.2, 0.25) is 0 Å². The fourth-order valence-electron chi connectivity index (χ4n) is 3.55. The molecule has 0 fully saturated rings. The van der Waals surface area contributed by atoms with Crippen LogP contribution in [0, 0.1) is 6.92 Å². The van der Waals surface area contributed by atoms with Gasteiger partial charge in [-0.3, -0.25) is 9.10 Å². The molecule has 36 heavy (non-hydrogen) atoms. The van der Waals surface area contributed by atoms with Crippen LogP contribution in [0.25, 0.3) is 0 Å². The third-order valence-corrected chi connectivity index (χ3v) is 7.00. The molecule has 0 bridgehead atoms. The van der Waals surface area contributed by atoms with Crippen LogP contribution < -0.4 is 24.0 Å². The predicted octanol–water partition coefficient (Wildman–Crippen LogP) is 3.26. The van der Waals surface area contributed by atoms with Crippen molar-refractivity contribution in [2.45, 2.75) is 19.4 Å². The number of rotatable bonds is 9. The van der Waals surface area contributed by atoms with E-state index >= 15 is 0 Å². The number of likely N-dealkylation sites (N-methyl/N-ethyl adjacent to an activating group) is 1. The van der Waals surface area contributed by atoms with E-state index in [0.29, 0.717) is 17.1 Å². The molecule has 0 saturated heterocycles. The van der Waals surface area contributed by atoms with Gasteiger partial charge in [0, 0.05) is 26.2 Å². The number of carbonyl (C=O) groups excluding carboxylic acids is 2. The Labute approximate surface area is 211 Å². The van der Waals surface area contributed by atoms with Gasteiger partial charge in [0.2, 0.25) is 5.91 Å². The van der Waals surface area contributed by atoms with Gasteiger partial charge in [-0.25, -0.2) is 9.52 Å².